The number of nitrogens with two attached hydrogens (primary N) is 1. The molecule has 27 heavy (non-hydrogen) atoms. The third-order valence-corrected chi connectivity index (χ3v) is 3.50. The second kappa shape index (κ2) is 12.9. The van der Waals surface area contributed by atoms with Gasteiger partial charge >= 0.3 is 5.97 Å². The first-order valence-electron chi connectivity index (χ1n) is 7.96. The number of carbonyl (C=O) groups is 3. The van der Waals surface area contributed by atoms with E-state index in [0.29, 0.717) is 5.69 Å². The average molecular weight is 390 g/mol. The lowest BCUT2D eigenvalue weighted by Gasteiger charge is -2.24. The smallest absolute Gasteiger partial charge is 0.326 e. The number of ketones is 1. The molecule has 0 aliphatic heterocycles. The van der Waals surface area contributed by atoms with Gasteiger partial charge in [-0.3, -0.25) is 9.59 Å². The van der Waals surface area contributed by atoms with Crippen LogP contribution in [0.4, 0.5) is 0 Å². The minimum absolute atomic E-state index is 0.140. The maximum atomic E-state index is 11.6. The Morgan fingerprint density at radius 2 is 1.93 bits per heavy atom. The van der Waals surface area contributed by atoms with Crippen LogP contribution >= 0.6 is 0 Å². The number of carboxylic acids is 1. The molecule has 1 amide bonds. The summed E-state index contributed by atoms with van der Waals surface area (Å²) < 4.78 is 0. The Labute approximate surface area is 155 Å². The molecule has 0 aliphatic carbocycles. The zero-order valence-electron chi connectivity index (χ0n) is 14.9. The summed E-state index contributed by atoms with van der Waals surface area (Å²) in [5, 5.41) is 42.7. The molecule has 0 fully saturated rings. The summed E-state index contributed by atoms with van der Waals surface area (Å²) in [6.45, 7) is -1.33. The fourth-order valence-corrected chi connectivity index (χ4v) is 1.87. The number of aliphatic carboxylic acids is 1. The zero-order chi connectivity index (χ0) is 21.0. The van der Waals surface area contributed by atoms with Crippen molar-refractivity contribution >= 4 is 17.7 Å². The van der Waals surface area contributed by atoms with Crippen LogP contribution in [-0.2, 0) is 20.8 Å². The van der Waals surface area contributed by atoms with Crippen LogP contribution in [0.25, 0.3) is 0 Å². The SMILES string of the molecule is CN(C(=O)CCN)C(Cc1c[nH]cn1)C(=O)O.O=C(CO)C(O)C(O)CO. The highest BCUT2D eigenvalue weighted by molar-refractivity contribution is 5.84. The van der Waals surface area contributed by atoms with Crippen molar-refractivity contribution in [1.82, 2.24) is 14.9 Å². The van der Waals surface area contributed by atoms with E-state index in [1.165, 1.54) is 18.3 Å². The predicted octanol–water partition coefficient (Wildman–Crippen LogP) is -3.53. The molecule has 1 aromatic rings. The molecule has 8 N–H and O–H groups in total. The Hall–Kier alpha value is -2.38. The normalized spacial score (nSPS) is 13.7. The molecule has 0 saturated heterocycles. The van der Waals surface area contributed by atoms with Crippen LogP contribution < -0.4 is 5.73 Å². The molecule has 3 atom stereocenters. The average Bonchev–Trinajstić information content (AvgIpc) is 3.17. The number of hydrogen-bond donors (Lipinski definition) is 7. The molecule has 0 radical (unpaired) electrons. The van der Waals surface area contributed by atoms with Crippen molar-refractivity contribution in [2.75, 3.05) is 26.8 Å². The lowest BCUT2D eigenvalue weighted by Crippen LogP contribution is -2.44. The van der Waals surface area contributed by atoms with Crippen molar-refractivity contribution in [3.05, 3.63) is 18.2 Å². The third kappa shape index (κ3) is 8.70. The molecule has 3 unspecified atom stereocenters. The fraction of sp³-hybridized carbons (Fsp3) is 0.600. The molecule has 0 bridgehead atoms. The molecule has 1 aromatic heterocycles. The van der Waals surface area contributed by atoms with E-state index >= 15 is 0 Å². The molecule has 0 saturated carbocycles. The number of nitrogens with one attached hydrogen (secondary N) is 1. The number of carboxylic acid groups (broad SMARTS) is 1. The van der Waals surface area contributed by atoms with Gasteiger partial charge in [0.15, 0.2) is 5.78 Å². The molecule has 12 nitrogen and oxygen atoms in total. The first kappa shape index (κ1) is 24.6. The van der Waals surface area contributed by atoms with Crippen molar-refractivity contribution in [2.24, 2.45) is 5.73 Å². The molecule has 1 rings (SSSR count). The summed E-state index contributed by atoms with van der Waals surface area (Å²) in [4.78, 5) is 40.9. The first-order valence-corrected chi connectivity index (χ1v) is 7.96. The maximum absolute atomic E-state index is 11.6. The van der Waals surface area contributed by atoms with Crippen LogP contribution in [-0.4, -0.2) is 103 Å². The standard InChI is InChI=1S/C10H16N4O3.C5H10O5/c1-14(9(15)2-3-11)8(10(16)17)4-7-5-12-6-13-7;6-1-3(8)5(10)4(9)2-7/h5-6,8H,2-4,11H2,1H3,(H,12,13)(H,16,17);3,5-8,10H,1-2H2. The molecule has 0 aliphatic rings. The number of H-pyrrole nitrogens is 1. The van der Waals surface area contributed by atoms with E-state index in [-0.39, 0.29) is 25.3 Å². The number of likely N-dealkylation sites (N-methyl/N-ethyl adjacent to an activating group) is 1. The molecule has 0 spiro atoms. The molecular formula is C15H26N4O8. The lowest BCUT2D eigenvalue weighted by molar-refractivity contribution is -0.148. The topological polar surface area (TPSA) is 210 Å². The van der Waals surface area contributed by atoms with Gasteiger partial charge in [-0.1, -0.05) is 0 Å². The van der Waals surface area contributed by atoms with Gasteiger partial charge in [-0.15, -0.1) is 0 Å². The molecule has 154 valence electrons. The monoisotopic (exact) mass is 390 g/mol. The van der Waals surface area contributed by atoms with Gasteiger partial charge in [-0.25, -0.2) is 9.78 Å². The van der Waals surface area contributed by atoms with Gasteiger partial charge in [-0.05, 0) is 0 Å². The number of amides is 1. The van der Waals surface area contributed by atoms with Gasteiger partial charge in [0.2, 0.25) is 5.91 Å². The van der Waals surface area contributed by atoms with Crippen LogP contribution in [0, 0.1) is 0 Å². The molecular weight excluding hydrogens is 364 g/mol. The summed E-state index contributed by atoms with van der Waals surface area (Å²) >= 11 is 0. The van der Waals surface area contributed by atoms with Gasteiger partial charge in [0.25, 0.3) is 0 Å². The second-order valence-electron chi connectivity index (χ2n) is 5.48. The number of imidazole rings is 1. The fourth-order valence-electron chi connectivity index (χ4n) is 1.87. The molecule has 1 heterocycles. The van der Waals surface area contributed by atoms with E-state index < -0.39 is 43.2 Å². The Balaban J connectivity index is 0.000000580. The Kier molecular flexibility index (Phi) is 11.8. The minimum Gasteiger partial charge on any atom is -0.480 e. The van der Waals surface area contributed by atoms with Gasteiger partial charge in [0.1, 0.15) is 24.9 Å². The van der Waals surface area contributed by atoms with Gasteiger partial charge in [0, 0.05) is 32.6 Å². The van der Waals surface area contributed by atoms with E-state index in [2.05, 4.69) is 9.97 Å². The summed E-state index contributed by atoms with van der Waals surface area (Å²) in [7, 11) is 1.46. The third-order valence-electron chi connectivity index (χ3n) is 3.50. The van der Waals surface area contributed by atoms with Crippen molar-refractivity contribution in [2.45, 2.75) is 31.1 Å². The number of rotatable bonds is 10. The maximum Gasteiger partial charge on any atom is 0.326 e. The van der Waals surface area contributed by atoms with Crippen LogP contribution in [0.2, 0.25) is 0 Å². The van der Waals surface area contributed by atoms with Gasteiger partial charge < -0.3 is 41.2 Å². The highest BCUT2D eigenvalue weighted by atomic mass is 16.4. The molecule has 0 aromatic carbocycles. The zero-order valence-corrected chi connectivity index (χ0v) is 14.9. The summed E-state index contributed by atoms with van der Waals surface area (Å²) in [6, 6.07) is -0.919. The summed E-state index contributed by atoms with van der Waals surface area (Å²) in [6.07, 6.45) is 0.203. The summed E-state index contributed by atoms with van der Waals surface area (Å²) in [5.74, 6) is -2.24. The van der Waals surface area contributed by atoms with Crippen molar-refractivity contribution in [3.63, 3.8) is 0 Å². The Morgan fingerprint density at radius 1 is 1.30 bits per heavy atom. The van der Waals surface area contributed by atoms with Gasteiger partial charge in [-0.2, -0.15) is 0 Å². The Bertz CT molecular complexity index is 580. The van der Waals surface area contributed by atoms with Gasteiger partial charge in [0.05, 0.1) is 18.6 Å². The number of hydrogen-bond acceptors (Lipinski definition) is 9. The highest BCUT2D eigenvalue weighted by Gasteiger charge is 2.26. The van der Waals surface area contributed by atoms with E-state index in [9.17, 15) is 14.4 Å². The van der Waals surface area contributed by atoms with E-state index in [0.717, 1.165) is 0 Å². The van der Waals surface area contributed by atoms with E-state index in [1.807, 2.05) is 0 Å². The minimum atomic E-state index is -1.69. The van der Waals surface area contributed by atoms with Crippen LogP contribution in [0.5, 0.6) is 0 Å². The number of aromatic nitrogens is 2. The first-order chi connectivity index (χ1) is 12.7. The van der Waals surface area contributed by atoms with Crippen LogP contribution in [0.15, 0.2) is 12.5 Å². The highest BCUT2D eigenvalue weighted by Crippen LogP contribution is 2.07. The van der Waals surface area contributed by atoms with Crippen molar-refractivity contribution in [1.29, 1.82) is 0 Å². The molecule has 12 heteroatoms. The van der Waals surface area contributed by atoms with Crippen LogP contribution in [0.3, 0.4) is 0 Å². The van der Waals surface area contributed by atoms with Crippen molar-refractivity contribution in [3.8, 4) is 0 Å². The second-order valence-corrected chi connectivity index (χ2v) is 5.48. The van der Waals surface area contributed by atoms with E-state index in [4.69, 9.17) is 31.3 Å². The number of carbonyl (C=O) groups excluding carboxylic acids is 2. The number of aliphatic hydroxyl groups is 4. The quantitative estimate of drug-likeness (QED) is 0.209. The Morgan fingerprint density at radius 3 is 2.33 bits per heavy atom. The van der Waals surface area contributed by atoms with Crippen molar-refractivity contribution < 1.29 is 39.9 Å². The van der Waals surface area contributed by atoms with Crippen LogP contribution in [0.1, 0.15) is 12.1 Å². The number of nitrogens with zero attached hydrogens (tertiary/aromatic N) is 2. The number of aliphatic hydroxyl groups excluding tert-OH is 4. The number of aromatic amines is 1. The summed E-state index contributed by atoms with van der Waals surface area (Å²) in [5.41, 5.74) is 5.87. The number of Topliss-reactive ketones (excluding diaryl/α,β-unsaturated/α-hetero) is 1. The lowest BCUT2D eigenvalue weighted by atomic mass is 10.1. The largest absolute Gasteiger partial charge is 0.480 e. The predicted molar refractivity (Wildman–Crippen MR) is 91.3 cm³/mol. The van der Waals surface area contributed by atoms with E-state index in [1.54, 1.807) is 6.20 Å².